The highest BCUT2D eigenvalue weighted by molar-refractivity contribution is 5.71. The van der Waals surface area contributed by atoms with Crippen LogP contribution in [0.1, 0.15) is 5.76 Å². The van der Waals surface area contributed by atoms with Crippen molar-refractivity contribution in [2.24, 2.45) is 5.73 Å². The zero-order valence-corrected chi connectivity index (χ0v) is 7.49. The molecule has 5 heteroatoms. The predicted octanol–water partition coefficient (Wildman–Crippen LogP) is 0.979. The van der Waals surface area contributed by atoms with E-state index in [1.54, 1.807) is 30.5 Å². The van der Waals surface area contributed by atoms with Gasteiger partial charge in [0.15, 0.2) is 0 Å². The highest BCUT2D eigenvalue weighted by Crippen LogP contribution is 2.03. The molecule has 0 unspecified atom stereocenters. The number of hydrazine groups is 1. The van der Waals surface area contributed by atoms with Crippen LogP contribution in [-0.4, -0.2) is 6.03 Å². The molecule has 1 heterocycles. The Hall–Kier alpha value is -2.17. The minimum absolute atomic E-state index is 0.500. The standard InChI is InChI=1S/C9H11N3O2/c1-7(11-12-9(10)13)4-5-8-3-2-6-14-8/h2-6,11H,1H2,(H3,10,12,13). The van der Waals surface area contributed by atoms with Crippen molar-refractivity contribution in [3.8, 4) is 0 Å². The van der Waals surface area contributed by atoms with Crippen LogP contribution >= 0.6 is 0 Å². The molecule has 0 aliphatic rings. The Morgan fingerprint density at radius 2 is 2.36 bits per heavy atom. The van der Waals surface area contributed by atoms with Gasteiger partial charge in [0, 0.05) is 5.70 Å². The van der Waals surface area contributed by atoms with Gasteiger partial charge in [-0.05, 0) is 24.3 Å². The van der Waals surface area contributed by atoms with Crippen LogP contribution in [-0.2, 0) is 0 Å². The molecule has 0 aliphatic heterocycles. The smallest absolute Gasteiger partial charge is 0.330 e. The number of carbonyl (C=O) groups is 1. The van der Waals surface area contributed by atoms with E-state index in [9.17, 15) is 4.79 Å². The molecule has 0 radical (unpaired) electrons. The average Bonchev–Trinajstić information content (AvgIpc) is 2.63. The normalized spacial score (nSPS) is 10.0. The van der Waals surface area contributed by atoms with E-state index in [1.807, 2.05) is 0 Å². The van der Waals surface area contributed by atoms with E-state index in [0.29, 0.717) is 11.5 Å². The molecular weight excluding hydrogens is 182 g/mol. The van der Waals surface area contributed by atoms with Crippen molar-refractivity contribution in [1.82, 2.24) is 10.9 Å². The second kappa shape index (κ2) is 4.76. The fourth-order valence-electron chi connectivity index (χ4n) is 0.752. The zero-order valence-electron chi connectivity index (χ0n) is 7.49. The van der Waals surface area contributed by atoms with Gasteiger partial charge >= 0.3 is 6.03 Å². The van der Waals surface area contributed by atoms with E-state index in [4.69, 9.17) is 10.2 Å². The summed E-state index contributed by atoms with van der Waals surface area (Å²) in [6.45, 7) is 3.62. The summed E-state index contributed by atoms with van der Waals surface area (Å²) in [7, 11) is 0. The molecule has 0 bridgehead atoms. The van der Waals surface area contributed by atoms with E-state index in [1.165, 1.54) is 0 Å². The first-order valence-electron chi connectivity index (χ1n) is 3.90. The van der Waals surface area contributed by atoms with Crippen molar-refractivity contribution in [2.45, 2.75) is 0 Å². The minimum Gasteiger partial charge on any atom is -0.465 e. The Morgan fingerprint density at radius 1 is 1.57 bits per heavy atom. The lowest BCUT2D eigenvalue weighted by Gasteiger charge is -2.03. The quantitative estimate of drug-likeness (QED) is 0.492. The molecule has 14 heavy (non-hydrogen) atoms. The maximum atomic E-state index is 10.3. The van der Waals surface area contributed by atoms with E-state index in [0.717, 1.165) is 0 Å². The summed E-state index contributed by atoms with van der Waals surface area (Å²) in [5.74, 6) is 0.701. The summed E-state index contributed by atoms with van der Waals surface area (Å²) < 4.78 is 5.04. The molecule has 0 atom stereocenters. The van der Waals surface area contributed by atoms with Crippen LogP contribution in [0.15, 0.2) is 41.2 Å². The van der Waals surface area contributed by atoms with Gasteiger partial charge in [-0.1, -0.05) is 6.58 Å². The summed E-state index contributed by atoms with van der Waals surface area (Å²) >= 11 is 0. The fraction of sp³-hybridized carbons (Fsp3) is 0. The van der Waals surface area contributed by atoms with Crippen LogP contribution in [0.4, 0.5) is 4.79 Å². The highest BCUT2D eigenvalue weighted by Gasteiger charge is 1.91. The molecule has 0 aromatic carbocycles. The number of amides is 2. The number of nitrogens with two attached hydrogens (primary N) is 1. The van der Waals surface area contributed by atoms with Crippen molar-refractivity contribution in [1.29, 1.82) is 0 Å². The van der Waals surface area contributed by atoms with Gasteiger partial charge in [0.25, 0.3) is 0 Å². The van der Waals surface area contributed by atoms with Crippen LogP contribution in [0.2, 0.25) is 0 Å². The molecule has 0 spiro atoms. The lowest BCUT2D eigenvalue weighted by Crippen LogP contribution is -2.39. The van der Waals surface area contributed by atoms with Gasteiger partial charge in [0.05, 0.1) is 6.26 Å². The SMILES string of the molecule is C=C(C=Cc1ccco1)NNC(N)=O. The van der Waals surface area contributed by atoms with Gasteiger partial charge in [0.1, 0.15) is 5.76 Å². The number of allylic oxidation sites excluding steroid dienone is 1. The topological polar surface area (TPSA) is 80.3 Å². The second-order valence-electron chi connectivity index (χ2n) is 2.49. The van der Waals surface area contributed by atoms with E-state index in [2.05, 4.69) is 17.4 Å². The maximum absolute atomic E-state index is 10.3. The number of hydrogen-bond donors (Lipinski definition) is 3. The van der Waals surface area contributed by atoms with Gasteiger partial charge < -0.3 is 10.2 Å². The van der Waals surface area contributed by atoms with Gasteiger partial charge in [-0.25, -0.2) is 4.79 Å². The van der Waals surface area contributed by atoms with E-state index >= 15 is 0 Å². The summed E-state index contributed by atoms with van der Waals surface area (Å²) in [4.78, 5) is 10.3. The Morgan fingerprint density at radius 3 is 2.93 bits per heavy atom. The number of urea groups is 1. The first-order chi connectivity index (χ1) is 6.68. The number of nitrogens with one attached hydrogen (secondary N) is 2. The first kappa shape index (κ1) is 9.91. The number of primary amides is 1. The van der Waals surface area contributed by atoms with Crippen LogP contribution in [0.5, 0.6) is 0 Å². The lowest BCUT2D eigenvalue weighted by atomic mass is 10.3. The van der Waals surface area contributed by atoms with Crippen LogP contribution in [0, 0.1) is 0 Å². The monoisotopic (exact) mass is 193 g/mol. The van der Waals surface area contributed by atoms with Crippen LogP contribution in [0.25, 0.3) is 6.08 Å². The van der Waals surface area contributed by atoms with Gasteiger partial charge in [-0.2, -0.15) is 0 Å². The Labute approximate surface area is 81.2 Å². The molecule has 1 rings (SSSR count). The van der Waals surface area contributed by atoms with E-state index < -0.39 is 6.03 Å². The second-order valence-corrected chi connectivity index (χ2v) is 2.49. The third-order valence-corrected chi connectivity index (χ3v) is 1.34. The van der Waals surface area contributed by atoms with Crippen LogP contribution in [0.3, 0.4) is 0 Å². The number of rotatable bonds is 4. The van der Waals surface area contributed by atoms with Gasteiger partial charge in [-0.15, -0.1) is 0 Å². The largest absolute Gasteiger partial charge is 0.465 e. The van der Waals surface area contributed by atoms with Crippen LogP contribution < -0.4 is 16.6 Å². The van der Waals surface area contributed by atoms with Crippen molar-refractivity contribution in [3.63, 3.8) is 0 Å². The molecule has 1 aromatic rings. The molecule has 5 nitrogen and oxygen atoms in total. The third-order valence-electron chi connectivity index (χ3n) is 1.34. The van der Waals surface area contributed by atoms with Gasteiger partial charge in [0.2, 0.25) is 0 Å². The third kappa shape index (κ3) is 3.48. The fourth-order valence-corrected chi connectivity index (χ4v) is 0.752. The summed E-state index contributed by atoms with van der Waals surface area (Å²) in [5, 5.41) is 0. The summed E-state index contributed by atoms with van der Waals surface area (Å²) in [6.07, 6.45) is 4.92. The molecule has 2 amide bonds. The minimum atomic E-state index is -0.669. The number of furan rings is 1. The Kier molecular flexibility index (Phi) is 3.37. The van der Waals surface area contributed by atoms with Crippen molar-refractivity contribution in [2.75, 3.05) is 0 Å². The molecular formula is C9H11N3O2. The number of carbonyl (C=O) groups excluding carboxylic acids is 1. The Bertz CT molecular complexity index is 341. The summed E-state index contributed by atoms with van der Waals surface area (Å²) in [6, 6.07) is 2.90. The molecule has 0 aliphatic carbocycles. The van der Waals surface area contributed by atoms with E-state index in [-0.39, 0.29) is 0 Å². The number of hydrogen-bond acceptors (Lipinski definition) is 3. The zero-order chi connectivity index (χ0) is 10.4. The van der Waals surface area contributed by atoms with Crippen molar-refractivity contribution in [3.05, 3.63) is 42.5 Å². The lowest BCUT2D eigenvalue weighted by molar-refractivity contribution is 0.246. The molecule has 4 N–H and O–H groups in total. The Balaban J connectivity index is 2.37. The van der Waals surface area contributed by atoms with Crippen molar-refractivity contribution >= 4 is 12.1 Å². The summed E-state index contributed by atoms with van der Waals surface area (Å²) in [5.41, 5.74) is 10.0. The highest BCUT2D eigenvalue weighted by atomic mass is 16.3. The van der Waals surface area contributed by atoms with Gasteiger partial charge in [-0.3, -0.25) is 10.9 Å². The first-order valence-corrected chi connectivity index (χ1v) is 3.90. The molecule has 1 aromatic heterocycles. The van der Waals surface area contributed by atoms with Crippen molar-refractivity contribution < 1.29 is 9.21 Å². The average molecular weight is 193 g/mol. The molecule has 0 saturated heterocycles. The maximum Gasteiger partial charge on any atom is 0.330 e. The molecule has 74 valence electrons. The molecule has 0 fully saturated rings. The predicted molar refractivity (Wildman–Crippen MR) is 52.7 cm³/mol. The molecule has 0 saturated carbocycles.